The highest BCUT2D eigenvalue weighted by Crippen LogP contribution is 2.48. The van der Waals surface area contributed by atoms with Crippen LogP contribution in [0.5, 0.6) is 0 Å². The molecule has 0 nitrogen and oxygen atoms in total. The average molecular weight is 296 g/mol. The molecule has 4 heterocycles. The van der Waals surface area contributed by atoms with Crippen molar-refractivity contribution in [2.45, 2.75) is 100 Å². The molecule has 4 aliphatic rings. The van der Waals surface area contributed by atoms with Crippen LogP contribution < -0.4 is 0 Å². The van der Waals surface area contributed by atoms with E-state index in [0.29, 0.717) is 0 Å². The number of fused-ring (bicyclic) bond motifs is 4. The summed E-state index contributed by atoms with van der Waals surface area (Å²) in [6.07, 6.45) is 23.6. The second-order valence-corrected chi connectivity index (χ2v) is 9.14. The van der Waals surface area contributed by atoms with Gasteiger partial charge < -0.3 is 0 Å². The van der Waals surface area contributed by atoms with Gasteiger partial charge in [-0.05, 0) is 0 Å². The van der Waals surface area contributed by atoms with Crippen LogP contribution in [0, 0.1) is 0 Å². The summed E-state index contributed by atoms with van der Waals surface area (Å²) in [5, 5.41) is 0. The molecule has 4 aliphatic heterocycles. The van der Waals surface area contributed by atoms with Crippen molar-refractivity contribution in [2.24, 2.45) is 0 Å². The molecular formula is C16H28B4S. The Hall–Kier alpha value is 0.610. The largest absolute Gasteiger partial charge is 0.287 e. The van der Waals surface area contributed by atoms with Crippen molar-refractivity contribution < 1.29 is 0 Å². The molecular weight excluding hydrogens is 267 g/mol. The van der Waals surface area contributed by atoms with Crippen LogP contribution in [0.15, 0.2) is 0 Å². The summed E-state index contributed by atoms with van der Waals surface area (Å²) < 4.78 is 0. The maximum atomic E-state index is 2.69. The van der Waals surface area contributed by atoms with Crippen LogP contribution in [0.3, 0.4) is 0 Å². The summed E-state index contributed by atoms with van der Waals surface area (Å²) in [6.45, 7) is 1.91. The number of hydrogen-bond acceptors (Lipinski definition) is 1. The summed E-state index contributed by atoms with van der Waals surface area (Å²) in [5.41, 5.74) is 0. The molecule has 0 spiro atoms. The second-order valence-electron chi connectivity index (χ2n) is 8.33. The highest BCUT2D eigenvalue weighted by molar-refractivity contribution is 8.47. The third kappa shape index (κ3) is 3.29. The van der Waals surface area contributed by atoms with Crippen LogP contribution in [0.1, 0.15) is 77.0 Å². The highest BCUT2D eigenvalue weighted by Gasteiger charge is 2.41. The van der Waals surface area contributed by atoms with Gasteiger partial charge in [-0.1, -0.05) is 100 Å². The van der Waals surface area contributed by atoms with Crippen molar-refractivity contribution in [1.82, 2.24) is 0 Å². The van der Waals surface area contributed by atoms with Crippen molar-refractivity contribution in [2.75, 3.05) is 0 Å². The van der Waals surface area contributed by atoms with E-state index in [-0.39, 0.29) is 0 Å². The molecule has 0 aromatic heterocycles. The lowest BCUT2D eigenvalue weighted by Crippen LogP contribution is -2.42. The zero-order valence-electron chi connectivity index (χ0n) is 13.5. The fourth-order valence-corrected chi connectivity index (χ4v) is 7.47. The molecule has 0 amide bonds. The Bertz CT molecular complexity index is 277. The zero-order valence-corrected chi connectivity index (χ0v) is 14.3. The smallest absolute Gasteiger partial charge is 0.138 e. The first-order valence-electron chi connectivity index (χ1n) is 9.74. The molecule has 21 heavy (non-hydrogen) atoms. The average Bonchev–Trinajstić information content (AvgIpc) is 2.46. The van der Waals surface area contributed by atoms with E-state index in [4.69, 9.17) is 0 Å². The Morgan fingerprint density at radius 2 is 0.810 bits per heavy atom. The topological polar surface area (TPSA) is 0 Å². The van der Waals surface area contributed by atoms with Crippen LogP contribution in [0.4, 0.5) is 0 Å². The molecule has 0 aromatic carbocycles. The van der Waals surface area contributed by atoms with Crippen molar-refractivity contribution in [3.05, 3.63) is 0 Å². The predicted octanol–water partition coefficient (Wildman–Crippen LogP) is 5.16. The fourth-order valence-electron chi connectivity index (χ4n) is 6.13. The summed E-state index contributed by atoms with van der Waals surface area (Å²) in [7, 11) is 0. The molecule has 0 saturated carbocycles. The molecule has 0 atom stereocenters. The van der Waals surface area contributed by atoms with Crippen LogP contribution in [0.25, 0.3) is 0 Å². The third-order valence-corrected chi connectivity index (χ3v) is 8.19. The van der Waals surface area contributed by atoms with Gasteiger partial charge in [-0.3, -0.25) is 11.5 Å². The predicted molar refractivity (Wildman–Crippen MR) is 101 cm³/mol. The van der Waals surface area contributed by atoms with Crippen LogP contribution in [-0.2, 0) is 0 Å². The fraction of sp³-hybridized carbons (Fsp3) is 1.00. The summed E-state index contributed by atoms with van der Waals surface area (Å²) in [4.78, 5) is 0. The van der Waals surface area contributed by atoms with E-state index in [1.807, 2.05) is 0 Å². The Balaban J connectivity index is 1.29. The van der Waals surface area contributed by atoms with Gasteiger partial charge in [-0.15, -0.1) is 0 Å². The van der Waals surface area contributed by atoms with E-state index < -0.39 is 0 Å². The maximum Gasteiger partial charge on any atom is 0.138 e. The zero-order chi connectivity index (χ0) is 14.1. The minimum atomic E-state index is 0.956. The molecule has 0 aliphatic carbocycles. The van der Waals surface area contributed by atoms with Gasteiger partial charge >= 0.3 is 0 Å². The molecule has 4 saturated heterocycles. The standard InChI is InChI=1S/C16H28B4S/c1-5-13-7-2-8-14(6-1)19(13)17-21-18-20-15-9-3-10-16(20)12-4-11-15/h13-16H,1-12H2. The molecule has 4 rings (SSSR count). The lowest BCUT2D eigenvalue weighted by Gasteiger charge is -2.42. The minimum absolute atomic E-state index is 0.956. The third-order valence-electron chi connectivity index (χ3n) is 7.25. The lowest BCUT2D eigenvalue weighted by atomic mass is 9.15. The van der Waals surface area contributed by atoms with Crippen molar-refractivity contribution in [3.63, 3.8) is 0 Å². The monoisotopic (exact) mass is 296 g/mol. The van der Waals surface area contributed by atoms with Gasteiger partial charge in [0, 0.05) is 0 Å². The van der Waals surface area contributed by atoms with Gasteiger partial charge in [-0.25, -0.2) is 0 Å². The van der Waals surface area contributed by atoms with E-state index in [1.54, 1.807) is 0 Å². The second kappa shape index (κ2) is 7.02. The van der Waals surface area contributed by atoms with Gasteiger partial charge in [0.25, 0.3) is 0 Å². The molecule has 0 unspecified atom stereocenters. The molecule has 0 N–H and O–H groups in total. The van der Waals surface area contributed by atoms with Crippen LogP contribution in [-0.4, -0.2) is 26.1 Å². The lowest BCUT2D eigenvalue weighted by molar-refractivity contribution is 0.450. The molecule has 5 heteroatoms. The summed E-state index contributed by atoms with van der Waals surface area (Å²) in [6, 6.07) is 0. The number of rotatable bonds is 4. The summed E-state index contributed by atoms with van der Waals surface area (Å²) in [5.74, 6) is 4.18. The first-order chi connectivity index (χ1) is 10.4. The molecule has 0 aromatic rings. The molecule has 2 radical (unpaired) electrons. The molecule has 4 bridgehead atoms. The minimum Gasteiger partial charge on any atom is -0.287 e. The Morgan fingerprint density at radius 1 is 0.524 bits per heavy atom. The SMILES string of the molecule is [B](S[B]B1C2CCCC1CCC2)B1C2CCCC1CCC2. The van der Waals surface area contributed by atoms with E-state index in [9.17, 15) is 0 Å². The molecule has 110 valence electrons. The number of hydrogen-bond donors (Lipinski definition) is 0. The van der Waals surface area contributed by atoms with Crippen LogP contribution in [0.2, 0.25) is 23.3 Å². The first-order valence-corrected chi connectivity index (χ1v) is 10.7. The van der Waals surface area contributed by atoms with Crippen LogP contribution >= 0.6 is 11.5 Å². The van der Waals surface area contributed by atoms with Crippen molar-refractivity contribution in [3.8, 4) is 0 Å². The van der Waals surface area contributed by atoms with Gasteiger partial charge in [0.05, 0.1) is 0 Å². The Morgan fingerprint density at radius 3 is 1.10 bits per heavy atom. The first kappa shape index (κ1) is 15.2. The van der Waals surface area contributed by atoms with E-state index >= 15 is 0 Å². The van der Waals surface area contributed by atoms with Gasteiger partial charge in [-0.2, -0.15) is 0 Å². The van der Waals surface area contributed by atoms with Gasteiger partial charge in [0.2, 0.25) is 0 Å². The normalized spacial score (nSPS) is 39.0. The van der Waals surface area contributed by atoms with Crippen molar-refractivity contribution in [1.29, 1.82) is 0 Å². The summed E-state index contributed by atoms with van der Waals surface area (Å²) >= 11 is 2.13. The molecule has 4 fully saturated rings. The maximum absolute atomic E-state index is 2.69. The van der Waals surface area contributed by atoms with Crippen molar-refractivity contribution >= 4 is 37.6 Å². The van der Waals surface area contributed by atoms with E-state index in [1.165, 1.54) is 77.0 Å². The Kier molecular flexibility index (Phi) is 5.06. The van der Waals surface area contributed by atoms with Gasteiger partial charge in [0.15, 0.2) is 0 Å². The quantitative estimate of drug-likeness (QED) is 0.646. The van der Waals surface area contributed by atoms with E-state index in [0.717, 1.165) is 36.5 Å². The van der Waals surface area contributed by atoms with Gasteiger partial charge in [0.1, 0.15) is 26.1 Å². The highest BCUT2D eigenvalue weighted by atomic mass is 32.2. The van der Waals surface area contributed by atoms with E-state index in [2.05, 4.69) is 24.4 Å². The Labute approximate surface area is 138 Å².